The Balaban J connectivity index is 1.80. The highest BCUT2D eigenvalue weighted by atomic mass is 16.5. The minimum atomic E-state index is -0.646. The number of rotatable bonds is 4. The summed E-state index contributed by atoms with van der Waals surface area (Å²) >= 11 is 0. The molecule has 3 rings (SSSR count). The molecular formula is C18H15NO4. The second-order valence-corrected chi connectivity index (χ2v) is 5.02. The monoisotopic (exact) mass is 309 g/mol. The lowest BCUT2D eigenvalue weighted by molar-refractivity contribution is 0.0947. The molecule has 0 fully saturated rings. The first kappa shape index (κ1) is 14.8. The highest BCUT2D eigenvalue weighted by Crippen LogP contribution is 2.14. The number of carbonyl (C=O) groups excluding carboxylic acids is 1. The van der Waals surface area contributed by atoms with Gasteiger partial charge in [-0.3, -0.25) is 4.79 Å². The third kappa shape index (κ3) is 3.23. The van der Waals surface area contributed by atoms with Crippen LogP contribution in [0, 0.1) is 0 Å². The minimum Gasteiger partial charge on any atom is -0.497 e. The Morgan fingerprint density at radius 2 is 1.96 bits per heavy atom. The maximum absolute atomic E-state index is 12.2. The van der Waals surface area contributed by atoms with Crippen molar-refractivity contribution >= 4 is 16.9 Å². The van der Waals surface area contributed by atoms with Crippen molar-refractivity contribution in [1.29, 1.82) is 0 Å². The maximum Gasteiger partial charge on any atom is 0.349 e. The first-order chi connectivity index (χ1) is 11.2. The number of carbonyl (C=O) groups is 1. The molecule has 0 aliphatic heterocycles. The summed E-state index contributed by atoms with van der Waals surface area (Å²) < 4.78 is 10.3. The lowest BCUT2D eigenvalue weighted by Gasteiger charge is -2.07. The molecule has 5 nitrogen and oxygen atoms in total. The van der Waals surface area contributed by atoms with Crippen LogP contribution < -0.4 is 15.7 Å². The van der Waals surface area contributed by atoms with Crippen LogP contribution in [0.4, 0.5) is 0 Å². The van der Waals surface area contributed by atoms with E-state index >= 15 is 0 Å². The van der Waals surface area contributed by atoms with Crippen LogP contribution in [0.3, 0.4) is 0 Å². The molecule has 3 aromatic rings. The molecule has 1 heterocycles. The molecule has 0 aliphatic carbocycles. The molecule has 0 saturated carbocycles. The van der Waals surface area contributed by atoms with Crippen molar-refractivity contribution in [2.45, 2.75) is 6.54 Å². The molecule has 1 aromatic heterocycles. The Bertz CT molecular complexity index is 914. The van der Waals surface area contributed by atoms with Gasteiger partial charge in [-0.1, -0.05) is 30.3 Å². The second kappa shape index (κ2) is 6.36. The first-order valence-electron chi connectivity index (χ1n) is 7.11. The van der Waals surface area contributed by atoms with Gasteiger partial charge in [0.1, 0.15) is 16.9 Å². The van der Waals surface area contributed by atoms with E-state index in [1.165, 1.54) is 0 Å². The van der Waals surface area contributed by atoms with Gasteiger partial charge < -0.3 is 14.5 Å². The number of ether oxygens (including phenoxy) is 1. The van der Waals surface area contributed by atoms with E-state index in [9.17, 15) is 9.59 Å². The lowest BCUT2D eigenvalue weighted by Crippen LogP contribution is -2.27. The zero-order chi connectivity index (χ0) is 16.2. The summed E-state index contributed by atoms with van der Waals surface area (Å²) in [5, 5.41) is 3.42. The van der Waals surface area contributed by atoms with E-state index in [4.69, 9.17) is 9.15 Å². The van der Waals surface area contributed by atoms with Crippen LogP contribution >= 0.6 is 0 Å². The highest BCUT2D eigenvalue weighted by molar-refractivity contribution is 5.96. The summed E-state index contributed by atoms with van der Waals surface area (Å²) in [5.74, 6) is 0.245. The van der Waals surface area contributed by atoms with Crippen molar-refractivity contribution in [3.05, 3.63) is 76.1 Å². The van der Waals surface area contributed by atoms with Crippen LogP contribution in [0.1, 0.15) is 15.9 Å². The molecule has 0 aliphatic rings. The van der Waals surface area contributed by atoms with Gasteiger partial charge in [0.15, 0.2) is 0 Å². The second-order valence-electron chi connectivity index (χ2n) is 5.02. The van der Waals surface area contributed by atoms with Gasteiger partial charge in [-0.05, 0) is 29.8 Å². The summed E-state index contributed by atoms with van der Waals surface area (Å²) in [6, 6.07) is 16.0. The van der Waals surface area contributed by atoms with Gasteiger partial charge in [0.2, 0.25) is 0 Å². The van der Waals surface area contributed by atoms with Gasteiger partial charge in [0, 0.05) is 11.9 Å². The van der Waals surface area contributed by atoms with Crippen molar-refractivity contribution < 1.29 is 13.9 Å². The van der Waals surface area contributed by atoms with Gasteiger partial charge in [-0.25, -0.2) is 4.79 Å². The summed E-state index contributed by atoms with van der Waals surface area (Å²) in [4.78, 5) is 24.2. The first-order valence-corrected chi connectivity index (χ1v) is 7.11. The normalized spacial score (nSPS) is 10.5. The fourth-order valence-corrected chi connectivity index (χ4v) is 2.28. The molecule has 23 heavy (non-hydrogen) atoms. The van der Waals surface area contributed by atoms with Crippen LogP contribution in [-0.4, -0.2) is 13.0 Å². The molecule has 2 aromatic carbocycles. The Morgan fingerprint density at radius 3 is 2.78 bits per heavy atom. The summed E-state index contributed by atoms with van der Waals surface area (Å²) in [6.45, 7) is 0.294. The smallest absolute Gasteiger partial charge is 0.349 e. The summed E-state index contributed by atoms with van der Waals surface area (Å²) in [7, 11) is 1.58. The fourth-order valence-electron chi connectivity index (χ4n) is 2.28. The van der Waals surface area contributed by atoms with Crippen molar-refractivity contribution in [2.24, 2.45) is 0 Å². The molecule has 0 bridgehead atoms. The van der Waals surface area contributed by atoms with E-state index in [0.29, 0.717) is 23.3 Å². The number of amides is 1. The van der Waals surface area contributed by atoms with E-state index in [-0.39, 0.29) is 5.56 Å². The molecule has 1 N–H and O–H groups in total. The number of benzene rings is 2. The molecule has 0 spiro atoms. The SMILES string of the molecule is COc1cccc(CNC(=O)c2cc3ccccc3oc2=O)c1. The van der Waals surface area contributed by atoms with Gasteiger partial charge in [-0.2, -0.15) is 0 Å². The number of para-hydroxylation sites is 1. The van der Waals surface area contributed by atoms with E-state index < -0.39 is 11.5 Å². The van der Waals surface area contributed by atoms with E-state index in [0.717, 1.165) is 5.56 Å². The standard InChI is InChI=1S/C18H15NO4/c1-22-14-7-4-5-12(9-14)11-19-17(20)15-10-13-6-2-3-8-16(13)23-18(15)21/h2-10H,11H2,1H3,(H,19,20). The Labute approximate surface area is 132 Å². The minimum absolute atomic E-state index is 0.00778. The zero-order valence-corrected chi connectivity index (χ0v) is 12.5. The summed E-state index contributed by atoms with van der Waals surface area (Å²) in [5.41, 5.74) is 0.683. The average molecular weight is 309 g/mol. The third-order valence-electron chi connectivity index (χ3n) is 3.47. The van der Waals surface area contributed by atoms with Crippen molar-refractivity contribution in [2.75, 3.05) is 7.11 Å². The van der Waals surface area contributed by atoms with Gasteiger partial charge in [0.25, 0.3) is 5.91 Å². The number of methoxy groups -OCH3 is 1. The van der Waals surface area contributed by atoms with Crippen LogP contribution in [0.2, 0.25) is 0 Å². The quantitative estimate of drug-likeness (QED) is 0.752. The molecule has 116 valence electrons. The molecule has 0 atom stereocenters. The van der Waals surface area contributed by atoms with Gasteiger partial charge in [0.05, 0.1) is 7.11 Å². The topological polar surface area (TPSA) is 68.5 Å². The summed E-state index contributed by atoms with van der Waals surface area (Å²) in [6.07, 6.45) is 0. The molecule has 0 unspecified atom stereocenters. The van der Waals surface area contributed by atoms with Crippen LogP contribution in [-0.2, 0) is 6.54 Å². The molecular weight excluding hydrogens is 294 g/mol. The fraction of sp³-hybridized carbons (Fsp3) is 0.111. The van der Waals surface area contributed by atoms with Crippen molar-refractivity contribution in [1.82, 2.24) is 5.32 Å². The average Bonchev–Trinajstić information content (AvgIpc) is 2.59. The van der Waals surface area contributed by atoms with Crippen LogP contribution in [0.5, 0.6) is 5.75 Å². The van der Waals surface area contributed by atoms with Gasteiger partial charge in [-0.15, -0.1) is 0 Å². The highest BCUT2D eigenvalue weighted by Gasteiger charge is 2.13. The maximum atomic E-state index is 12.2. The lowest BCUT2D eigenvalue weighted by atomic mass is 10.1. The molecule has 0 radical (unpaired) electrons. The third-order valence-corrected chi connectivity index (χ3v) is 3.47. The van der Waals surface area contributed by atoms with E-state index in [1.807, 2.05) is 30.3 Å². The van der Waals surface area contributed by atoms with E-state index in [2.05, 4.69) is 5.32 Å². The Morgan fingerprint density at radius 1 is 1.13 bits per heavy atom. The predicted octanol–water partition coefficient (Wildman–Crippen LogP) is 2.73. The Hall–Kier alpha value is -3.08. The predicted molar refractivity (Wildman–Crippen MR) is 86.6 cm³/mol. The largest absolute Gasteiger partial charge is 0.497 e. The molecule has 5 heteroatoms. The van der Waals surface area contributed by atoms with Crippen LogP contribution in [0.15, 0.2) is 63.8 Å². The van der Waals surface area contributed by atoms with E-state index in [1.54, 1.807) is 31.4 Å². The number of hydrogen-bond donors (Lipinski definition) is 1. The number of hydrogen-bond acceptors (Lipinski definition) is 4. The molecule has 1 amide bonds. The number of fused-ring (bicyclic) bond motifs is 1. The zero-order valence-electron chi connectivity index (χ0n) is 12.5. The Kier molecular flexibility index (Phi) is 4.10. The van der Waals surface area contributed by atoms with Crippen molar-refractivity contribution in [3.63, 3.8) is 0 Å². The van der Waals surface area contributed by atoms with Gasteiger partial charge >= 0.3 is 5.63 Å². The van der Waals surface area contributed by atoms with Crippen molar-refractivity contribution in [3.8, 4) is 5.75 Å². The van der Waals surface area contributed by atoms with Crippen LogP contribution in [0.25, 0.3) is 11.0 Å². The number of nitrogens with one attached hydrogen (secondary N) is 1. The molecule has 0 saturated heterocycles.